The van der Waals surface area contributed by atoms with Gasteiger partial charge >= 0.3 is 12.0 Å². The summed E-state index contributed by atoms with van der Waals surface area (Å²) in [6.07, 6.45) is 2.01. The number of amides is 3. The third-order valence-electron chi connectivity index (χ3n) is 6.12. The van der Waals surface area contributed by atoms with Crippen LogP contribution >= 0.6 is 0 Å². The first kappa shape index (κ1) is 24.6. The Kier molecular flexibility index (Phi) is 7.66. The maximum absolute atomic E-state index is 13.1. The van der Waals surface area contributed by atoms with Gasteiger partial charge < -0.3 is 20.6 Å². The molecule has 0 saturated carbocycles. The van der Waals surface area contributed by atoms with E-state index in [2.05, 4.69) is 22.5 Å². The Bertz CT molecular complexity index is 1340. The van der Waals surface area contributed by atoms with Crippen molar-refractivity contribution in [1.29, 1.82) is 0 Å². The van der Waals surface area contributed by atoms with Gasteiger partial charge in [-0.15, -0.1) is 0 Å². The maximum atomic E-state index is 13.1. The second-order valence-corrected chi connectivity index (χ2v) is 8.69. The van der Waals surface area contributed by atoms with Crippen LogP contribution in [0.4, 0.5) is 16.2 Å². The van der Waals surface area contributed by atoms with Crippen LogP contribution in [0, 0.1) is 18.8 Å². The van der Waals surface area contributed by atoms with Crippen LogP contribution in [-0.2, 0) is 16.0 Å². The second kappa shape index (κ2) is 11.2. The molecule has 1 atom stereocenters. The fraction of sp³-hybridized carbons (Fsp3) is 0.207. The number of nitrogens with one attached hydrogen (secondary N) is 2. The zero-order valence-corrected chi connectivity index (χ0v) is 20.0. The van der Waals surface area contributed by atoms with Gasteiger partial charge in [-0.05, 0) is 66.8 Å². The van der Waals surface area contributed by atoms with Crippen LogP contribution in [0.25, 0.3) is 0 Å². The van der Waals surface area contributed by atoms with Crippen LogP contribution in [0.15, 0.2) is 72.8 Å². The second-order valence-electron chi connectivity index (χ2n) is 8.69. The minimum atomic E-state index is -1.17. The Hall–Kier alpha value is -4.57. The molecule has 0 spiro atoms. The van der Waals surface area contributed by atoms with Gasteiger partial charge in [0.25, 0.3) is 0 Å². The van der Waals surface area contributed by atoms with E-state index in [-0.39, 0.29) is 24.4 Å². The predicted octanol–water partition coefficient (Wildman–Crippen LogP) is 4.98. The number of aliphatic carboxylic acids is 1. The Morgan fingerprint density at radius 1 is 1.00 bits per heavy atom. The summed E-state index contributed by atoms with van der Waals surface area (Å²) >= 11 is 0. The lowest BCUT2D eigenvalue weighted by Gasteiger charge is -2.25. The highest BCUT2D eigenvalue weighted by molar-refractivity contribution is 6.00. The molecule has 3 amide bonds. The fourth-order valence-corrected chi connectivity index (χ4v) is 4.34. The van der Waals surface area contributed by atoms with Crippen molar-refractivity contribution in [2.45, 2.75) is 32.2 Å². The number of carbonyl (C=O) groups is 3. The number of hydrogen-bond donors (Lipinski definition) is 3. The van der Waals surface area contributed by atoms with Crippen molar-refractivity contribution in [2.75, 3.05) is 17.2 Å². The molecule has 1 heterocycles. The fourth-order valence-electron chi connectivity index (χ4n) is 4.34. The van der Waals surface area contributed by atoms with Gasteiger partial charge in [0.05, 0.1) is 12.5 Å². The van der Waals surface area contributed by atoms with Gasteiger partial charge in [0.1, 0.15) is 0 Å². The minimum Gasteiger partial charge on any atom is -0.472 e. The van der Waals surface area contributed by atoms with Crippen molar-refractivity contribution >= 4 is 29.3 Å². The molecule has 0 radical (unpaired) electrons. The first-order chi connectivity index (χ1) is 17.4. The van der Waals surface area contributed by atoms with E-state index in [1.54, 1.807) is 18.2 Å². The lowest BCUT2D eigenvalue weighted by molar-refractivity contribution is -0.131. The van der Waals surface area contributed by atoms with Crippen LogP contribution in [0.3, 0.4) is 0 Å². The van der Waals surface area contributed by atoms with Crippen molar-refractivity contribution in [3.63, 3.8) is 0 Å². The molecule has 7 nitrogen and oxygen atoms in total. The Balaban J connectivity index is 1.37. The number of urea groups is 1. The molecule has 1 unspecified atom stereocenters. The molecule has 1 aliphatic heterocycles. The van der Waals surface area contributed by atoms with Gasteiger partial charge in [0.15, 0.2) is 0 Å². The number of anilines is 2. The Labute approximate surface area is 210 Å². The number of rotatable bonds is 5. The normalized spacial score (nSPS) is 14.5. The van der Waals surface area contributed by atoms with Crippen LogP contribution in [0.1, 0.15) is 41.1 Å². The lowest BCUT2D eigenvalue weighted by atomic mass is 10.0. The molecule has 1 fully saturated rings. The summed E-state index contributed by atoms with van der Waals surface area (Å²) in [5.74, 6) is 3.62. The molecule has 0 aliphatic carbocycles. The topological polar surface area (TPSA) is 98.7 Å². The standard InChI is InChI=1S/C29H27N3O4/c1-20-6-2-3-9-25(20)31-29(36)30-24-14-11-22(12-15-24)19-27(33)32-17-5-10-26(32)23-8-4-7-21(18-23)13-16-28(34)35/h2-4,6-9,11-12,14-15,18,26H,5,10,17,19H2,1H3,(H,34,35)(H2,30,31,36). The lowest BCUT2D eigenvalue weighted by Crippen LogP contribution is -2.31. The van der Waals surface area contributed by atoms with Gasteiger partial charge in [0, 0.05) is 29.4 Å². The summed E-state index contributed by atoms with van der Waals surface area (Å²) < 4.78 is 0. The predicted molar refractivity (Wildman–Crippen MR) is 139 cm³/mol. The number of likely N-dealkylation sites (tertiary alicyclic amines) is 1. The number of nitrogens with zero attached hydrogens (tertiary/aromatic N) is 1. The van der Waals surface area contributed by atoms with Crippen molar-refractivity contribution in [3.05, 3.63) is 95.1 Å². The molecular formula is C29H27N3O4. The van der Waals surface area contributed by atoms with E-state index >= 15 is 0 Å². The van der Waals surface area contributed by atoms with E-state index in [0.29, 0.717) is 17.8 Å². The summed E-state index contributed by atoms with van der Waals surface area (Å²) in [7, 11) is 0. The highest BCUT2D eigenvalue weighted by Crippen LogP contribution is 2.33. The molecule has 3 aromatic rings. The highest BCUT2D eigenvalue weighted by Gasteiger charge is 2.29. The monoisotopic (exact) mass is 481 g/mol. The first-order valence-corrected chi connectivity index (χ1v) is 11.8. The van der Waals surface area contributed by atoms with Gasteiger partial charge in [-0.1, -0.05) is 48.4 Å². The molecule has 36 heavy (non-hydrogen) atoms. The van der Waals surface area contributed by atoms with Crippen molar-refractivity contribution in [2.24, 2.45) is 0 Å². The van der Waals surface area contributed by atoms with E-state index in [1.807, 2.05) is 66.4 Å². The number of aryl methyl sites for hydroxylation is 1. The highest BCUT2D eigenvalue weighted by atomic mass is 16.4. The molecule has 1 aliphatic rings. The molecule has 3 aromatic carbocycles. The van der Waals surface area contributed by atoms with Crippen molar-refractivity contribution in [1.82, 2.24) is 4.90 Å². The zero-order valence-electron chi connectivity index (χ0n) is 20.0. The van der Waals surface area contributed by atoms with Crippen molar-refractivity contribution in [3.8, 4) is 11.8 Å². The summed E-state index contributed by atoms with van der Waals surface area (Å²) in [4.78, 5) is 38.1. The van der Waals surface area contributed by atoms with Crippen LogP contribution in [-0.4, -0.2) is 34.5 Å². The Morgan fingerprint density at radius 2 is 1.78 bits per heavy atom. The minimum absolute atomic E-state index is 0.0255. The molecule has 182 valence electrons. The summed E-state index contributed by atoms with van der Waals surface area (Å²) in [6.45, 7) is 2.60. The number of carboxylic acid groups (broad SMARTS) is 1. The maximum Gasteiger partial charge on any atom is 0.382 e. The SMILES string of the molecule is Cc1ccccc1NC(=O)Nc1ccc(CC(=O)N2CCCC2c2cccc(C#CC(=O)O)c2)cc1. The largest absolute Gasteiger partial charge is 0.472 e. The number of carbonyl (C=O) groups excluding carboxylic acids is 2. The Morgan fingerprint density at radius 3 is 2.53 bits per heavy atom. The molecule has 4 rings (SSSR count). The van der Waals surface area contributed by atoms with Crippen LogP contribution in [0.5, 0.6) is 0 Å². The van der Waals surface area contributed by atoms with Gasteiger partial charge in [0.2, 0.25) is 5.91 Å². The van der Waals surface area contributed by atoms with E-state index in [4.69, 9.17) is 5.11 Å². The molecule has 3 N–H and O–H groups in total. The van der Waals surface area contributed by atoms with Crippen molar-refractivity contribution < 1.29 is 19.5 Å². The van der Waals surface area contributed by atoms with Crippen LogP contribution < -0.4 is 10.6 Å². The molecular weight excluding hydrogens is 454 g/mol. The molecule has 0 bridgehead atoms. The third kappa shape index (κ3) is 6.30. The van der Waals surface area contributed by atoms with Gasteiger partial charge in [-0.3, -0.25) is 4.79 Å². The van der Waals surface area contributed by atoms with Gasteiger partial charge in [-0.2, -0.15) is 0 Å². The molecule has 7 heteroatoms. The summed E-state index contributed by atoms with van der Waals surface area (Å²) in [5.41, 5.74) is 4.78. The quantitative estimate of drug-likeness (QED) is 0.448. The van der Waals surface area contributed by atoms with Crippen LogP contribution in [0.2, 0.25) is 0 Å². The third-order valence-corrected chi connectivity index (χ3v) is 6.12. The average molecular weight is 482 g/mol. The number of hydrogen-bond acceptors (Lipinski definition) is 3. The number of para-hydroxylation sites is 1. The van der Waals surface area contributed by atoms with E-state index in [0.717, 1.165) is 35.2 Å². The zero-order chi connectivity index (χ0) is 25.5. The summed E-state index contributed by atoms with van der Waals surface area (Å²) in [6, 6.07) is 21.8. The number of benzene rings is 3. The van der Waals surface area contributed by atoms with E-state index in [1.165, 1.54) is 0 Å². The van der Waals surface area contributed by atoms with E-state index in [9.17, 15) is 14.4 Å². The first-order valence-electron chi connectivity index (χ1n) is 11.8. The number of carboxylic acids is 1. The molecule has 1 saturated heterocycles. The summed E-state index contributed by atoms with van der Waals surface area (Å²) in [5, 5.41) is 14.4. The average Bonchev–Trinajstić information content (AvgIpc) is 3.36. The van der Waals surface area contributed by atoms with E-state index < -0.39 is 5.97 Å². The smallest absolute Gasteiger partial charge is 0.382 e. The van der Waals surface area contributed by atoms with Gasteiger partial charge in [-0.25, -0.2) is 9.59 Å². The molecule has 0 aromatic heterocycles.